The van der Waals surface area contributed by atoms with Crippen LogP contribution in [0.5, 0.6) is 0 Å². The summed E-state index contributed by atoms with van der Waals surface area (Å²) in [4.78, 5) is 0. The second-order valence-electron chi connectivity index (χ2n) is 5.04. The van der Waals surface area contributed by atoms with Crippen LogP contribution in [0.1, 0.15) is 31.9 Å². The number of aryl methyl sites for hydroxylation is 1. The Morgan fingerprint density at radius 2 is 2.39 bits per heavy atom. The Morgan fingerprint density at radius 1 is 1.67 bits per heavy atom. The van der Waals surface area contributed by atoms with E-state index < -0.39 is 5.54 Å². The van der Waals surface area contributed by atoms with Gasteiger partial charge in [-0.05, 0) is 38.6 Å². The summed E-state index contributed by atoms with van der Waals surface area (Å²) in [6.07, 6.45) is 5.07. The van der Waals surface area contributed by atoms with Crippen molar-refractivity contribution in [2.24, 2.45) is 5.92 Å². The molecule has 4 nitrogen and oxygen atoms in total. The first-order valence-electron chi connectivity index (χ1n) is 6.47. The summed E-state index contributed by atoms with van der Waals surface area (Å²) in [5.41, 5.74) is 0.326. The average molecular weight is 267 g/mol. The van der Waals surface area contributed by atoms with Crippen molar-refractivity contribution in [3.63, 3.8) is 0 Å². The minimum atomic E-state index is -0.488. The number of rotatable bonds is 6. The molecule has 0 aromatic carbocycles. The molecule has 2 rings (SSSR count). The lowest BCUT2D eigenvalue weighted by Crippen LogP contribution is -2.50. The van der Waals surface area contributed by atoms with Crippen molar-refractivity contribution < 1.29 is 0 Å². The van der Waals surface area contributed by atoms with Crippen LogP contribution >= 0.6 is 11.6 Å². The predicted molar refractivity (Wildman–Crippen MR) is 71.3 cm³/mol. The van der Waals surface area contributed by atoms with E-state index in [4.69, 9.17) is 11.6 Å². The summed E-state index contributed by atoms with van der Waals surface area (Å²) >= 11 is 6.01. The van der Waals surface area contributed by atoms with E-state index >= 15 is 0 Å². The molecular formula is C13H19ClN4. The minimum absolute atomic E-state index is 0.442. The van der Waals surface area contributed by atoms with Crippen molar-refractivity contribution in [3.05, 3.63) is 16.9 Å². The third-order valence-electron chi connectivity index (χ3n) is 3.46. The fraction of sp³-hybridized carbons (Fsp3) is 0.692. The number of hydrogen-bond donors (Lipinski definition) is 1. The first-order valence-corrected chi connectivity index (χ1v) is 6.85. The third-order valence-corrected chi connectivity index (χ3v) is 3.83. The van der Waals surface area contributed by atoms with Gasteiger partial charge in [-0.2, -0.15) is 10.4 Å². The van der Waals surface area contributed by atoms with Crippen molar-refractivity contribution in [1.29, 1.82) is 5.26 Å². The molecule has 1 N–H and O–H groups in total. The van der Waals surface area contributed by atoms with Gasteiger partial charge in [0.1, 0.15) is 5.54 Å². The van der Waals surface area contributed by atoms with Crippen LogP contribution in [0.2, 0.25) is 5.02 Å². The van der Waals surface area contributed by atoms with Crippen LogP contribution in [0.25, 0.3) is 0 Å². The van der Waals surface area contributed by atoms with Crippen molar-refractivity contribution in [3.8, 4) is 6.07 Å². The van der Waals surface area contributed by atoms with Gasteiger partial charge in [-0.15, -0.1) is 0 Å². The standard InChI is InChI=1S/C13H19ClN4/c1-3-6-16-13(8-15,11-4-5-11)9-18-7-12(14)10(2)17-18/h7,11,16H,3-6,9H2,1-2H3. The Morgan fingerprint density at radius 3 is 2.83 bits per heavy atom. The maximum atomic E-state index is 9.56. The van der Waals surface area contributed by atoms with Gasteiger partial charge in [0.05, 0.1) is 23.3 Å². The van der Waals surface area contributed by atoms with E-state index in [1.54, 1.807) is 10.9 Å². The van der Waals surface area contributed by atoms with Crippen molar-refractivity contribution in [2.45, 2.75) is 45.2 Å². The van der Waals surface area contributed by atoms with E-state index in [1.165, 1.54) is 0 Å². The SMILES string of the molecule is CCCNC(C#N)(Cn1cc(Cl)c(C)n1)C1CC1. The third kappa shape index (κ3) is 2.68. The Hall–Kier alpha value is -1.05. The first-order chi connectivity index (χ1) is 8.61. The highest BCUT2D eigenvalue weighted by Crippen LogP contribution is 2.40. The van der Waals surface area contributed by atoms with Crippen molar-refractivity contribution in [1.82, 2.24) is 15.1 Å². The van der Waals surface area contributed by atoms with Gasteiger partial charge in [-0.3, -0.25) is 10.00 Å². The second-order valence-corrected chi connectivity index (χ2v) is 5.45. The van der Waals surface area contributed by atoms with Crippen LogP contribution in [-0.2, 0) is 6.54 Å². The molecular weight excluding hydrogens is 248 g/mol. The number of hydrogen-bond acceptors (Lipinski definition) is 3. The highest BCUT2D eigenvalue weighted by molar-refractivity contribution is 6.31. The molecule has 1 aliphatic carbocycles. The largest absolute Gasteiger partial charge is 0.298 e. The molecule has 0 amide bonds. The van der Waals surface area contributed by atoms with Gasteiger partial charge in [0, 0.05) is 6.20 Å². The Balaban J connectivity index is 2.16. The van der Waals surface area contributed by atoms with Crippen molar-refractivity contribution in [2.75, 3.05) is 6.54 Å². The maximum absolute atomic E-state index is 9.56. The number of aromatic nitrogens is 2. The molecule has 18 heavy (non-hydrogen) atoms. The summed E-state index contributed by atoms with van der Waals surface area (Å²) < 4.78 is 1.79. The van der Waals surface area contributed by atoms with Crippen LogP contribution in [0.4, 0.5) is 0 Å². The number of nitriles is 1. The van der Waals surface area contributed by atoms with Gasteiger partial charge in [0.25, 0.3) is 0 Å². The Kier molecular flexibility index (Phi) is 3.94. The van der Waals surface area contributed by atoms with Crippen LogP contribution in [-0.4, -0.2) is 21.9 Å². The molecule has 1 unspecified atom stereocenters. The molecule has 1 fully saturated rings. The molecule has 0 aliphatic heterocycles. The number of halogens is 1. The summed E-state index contributed by atoms with van der Waals surface area (Å²) in [5, 5.41) is 18.0. The van der Waals surface area contributed by atoms with Gasteiger partial charge in [0.15, 0.2) is 0 Å². The smallest absolute Gasteiger partial charge is 0.129 e. The van der Waals surface area contributed by atoms with E-state index in [9.17, 15) is 5.26 Å². The molecule has 5 heteroatoms. The predicted octanol–water partition coefficient (Wildman–Crippen LogP) is 2.52. The number of nitrogens with zero attached hydrogens (tertiary/aromatic N) is 3. The van der Waals surface area contributed by atoms with Crippen molar-refractivity contribution >= 4 is 11.6 Å². The molecule has 1 saturated carbocycles. The van der Waals surface area contributed by atoms with E-state index in [0.29, 0.717) is 17.5 Å². The van der Waals surface area contributed by atoms with Gasteiger partial charge in [-0.1, -0.05) is 18.5 Å². The van der Waals surface area contributed by atoms with E-state index in [0.717, 1.165) is 31.5 Å². The lowest BCUT2D eigenvalue weighted by atomic mass is 9.94. The molecule has 1 heterocycles. The highest BCUT2D eigenvalue weighted by Gasteiger charge is 2.45. The van der Waals surface area contributed by atoms with Gasteiger partial charge in [0.2, 0.25) is 0 Å². The highest BCUT2D eigenvalue weighted by atomic mass is 35.5. The molecule has 0 spiro atoms. The first kappa shape index (κ1) is 13.4. The molecule has 0 saturated heterocycles. The average Bonchev–Trinajstić information content (AvgIpc) is 3.14. The van der Waals surface area contributed by atoms with E-state index in [-0.39, 0.29) is 0 Å². The molecule has 1 aromatic heterocycles. The molecule has 0 bridgehead atoms. The quantitative estimate of drug-likeness (QED) is 0.861. The summed E-state index contributed by atoms with van der Waals surface area (Å²) in [6, 6.07) is 2.47. The molecule has 1 aliphatic rings. The van der Waals surface area contributed by atoms with Crippen LogP contribution in [0.3, 0.4) is 0 Å². The van der Waals surface area contributed by atoms with Gasteiger partial charge in [-0.25, -0.2) is 0 Å². The lowest BCUT2D eigenvalue weighted by molar-refractivity contribution is 0.305. The maximum Gasteiger partial charge on any atom is 0.129 e. The van der Waals surface area contributed by atoms with Crippen LogP contribution < -0.4 is 5.32 Å². The summed E-state index contributed by atoms with van der Waals surface area (Å²) in [6.45, 7) is 5.42. The van der Waals surface area contributed by atoms with Gasteiger partial charge >= 0.3 is 0 Å². The zero-order valence-corrected chi connectivity index (χ0v) is 11.7. The molecule has 1 aromatic rings. The monoisotopic (exact) mass is 266 g/mol. The molecule has 1 atom stereocenters. The lowest BCUT2D eigenvalue weighted by Gasteiger charge is -2.27. The topological polar surface area (TPSA) is 53.6 Å². The van der Waals surface area contributed by atoms with Crippen LogP contribution in [0.15, 0.2) is 6.20 Å². The Bertz CT molecular complexity index is 439. The summed E-state index contributed by atoms with van der Waals surface area (Å²) in [5.74, 6) is 0.442. The van der Waals surface area contributed by atoms with E-state index in [2.05, 4.69) is 23.4 Å². The number of nitrogens with one attached hydrogen (secondary N) is 1. The van der Waals surface area contributed by atoms with E-state index in [1.807, 2.05) is 6.92 Å². The molecule has 0 radical (unpaired) electrons. The normalized spacial score (nSPS) is 18.3. The second kappa shape index (κ2) is 5.29. The zero-order chi connectivity index (χ0) is 13.2. The Labute approximate surface area is 113 Å². The van der Waals surface area contributed by atoms with Gasteiger partial charge < -0.3 is 0 Å². The fourth-order valence-corrected chi connectivity index (χ4v) is 2.40. The fourth-order valence-electron chi connectivity index (χ4n) is 2.25. The summed E-state index contributed by atoms with van der Waals surface area (Å²) in [7, 11) is 0. The zero-order valence-electron chi connectivity index (χ0n) is 10.9. The minimum Gasteiger partial charge on any atom is -0.298 e. The van der Waals surface area contributed by atoms with Crippen LogP contribution in [0, 0.1) is 24.2 Å². The molecule has 98 valence electrons.